The highest BCUT2D eigenvalue weighted by molar-refractivity contribution is 7.81. The second-order valence-corrected chi connectivity index (χ2v) is 3.84. The van der Waals surface area contributed by atoms with E-state index in [1.54, 1.807) is 16.2 Å². The molecule has 1 aromatic heterocycles. The molecular weight excluding hydrogens is 238 g/mol. The number of aromatic amines is 1. The third-order valence-corrected chi connectivity index (χ3v) is 2.77. The van der Waals surface area contributed by atoms with Crippen LogP contribution in [0.1, 0.15) is 0 Å². The minimum atomic E-state index is -0.331. The highest BCUT2D eigenvalue weighted by atomic mass is 32.1. The largest absolute Gasteiger partial charge is 0.263 e. The maximum Gasteiger partial charge on any atom is 0.195 e. The molecule has 1 aromatic carbocycles. The molecule has 0 saturated heterocycles. The van der Waals surface area contributed by atoms with Gasteiger partial charge in [-0.2, -0.15) is 5.01 Å². The predicted molar refractivity (Wildman–Crippen MR) is 65.4 cm³/mol. The quantitative estimate of drug-likeness (QED) is 0.791. The van der Waals surface area contributed by atoms with Gasteiger partial charge in [0.25, 0.3) is 0 Å². The standard InChI is InChI=1S/C9H9N7S/c17-9-15(7-4-2-1-3-5-7)13-14-16(9)8-6-10-12-11-8/h1-6,9,17H,(H,10,11,12). The van der Waals surface area contributed by atoms with E-state index in [9.17, 15) is 0 Å². The van der Waals surface area contributed by atoms with E-state index in [2.05, 4.69) is 38.5 Å². The van der Waals surface area contributed by atoms with Crippen molar-refractivity contribution in [2.75, 3.05) is 10.0 Å². The third kappa shape index (κ3) is 1.72. The Morgan fingerprint density at radius 2 is 1.88 bits per heavy atom. The average Bonchev–Trinajstić information content (AvgIpc) is 2.99. The lowest BCUT2D eigenvalue weighted by molar-refractivity contribution is 0.825. The van der Waals surface area contributed by atoms with Crippen LogP contribution in [0.15, 0.2) is 47.0 Å². The van der Waals surface area contributed by atoms with Crippen LogP contribution in [-0.2, 0) is 0 Å². The van der Waals surface area contributed by atoms with Gasteiger partial charge < -0.3 is 0 Å². The Bertz CT molecular complexity index is 511. The smallest absolute Gasteiger partial charge is 0.195 e. The second-order valence-electron chi connectivity index (χ2n) is 3.38. The lowest BCUT2D eigenvalue weighted by Gasteiger charge is -2.21. The van der Waals surface area contributed by atoms with Crippen molar-refractivity contribution in [3.63, 3.8) is 0 Å². The van der Waals surface area contributed by atoms with Crippen molar-refractivity contribution in [3.05, 3.63) is 36.5 Å². The van der Waals surface area contributed by atoms with Gasteiger partial charge in [0.15, 0.2) is 11.3 Å². The highest BCUT2D eigenvalue weighted by Gasteiger charge is 2.30. The van der Waals surface area contributed by atoms with E-state index in [-0.39, 0.29) is 5.50 Å². The molecule has 0 fully saturated rings. The van der Waals surface area contributed by atoms with Gasteiger partial charge in [-0.25, -0.2) is 5.01 Å². The van der Waals surface area contributed by atoms with Crippen molar-refractivity contribution < 1.29 is 0 Å². The number of rotatable bonds is 2. The number of benzene rings is 1. The van der Waals surface area contributed by atoms with Gasteiger partial charge in [-0.15, -0.1) is 17.7 Å². The molecule has 0 aliphatic carbocycles. The normalized spacial score (nSPS) is 19.0. The van der Waals surface area contributed by atoms with Crippen molar-refractivity contribution in [3.8, 4) is 0 Å². The number of nitrogens with one attached hydrogen (secondary N) is 1. The molecular formula is C9H9N7S. The Kier molecular flexibility index (Phi) is 2.41. The van der Waals surface area contributed by atoms with Crippen LogP contribution >= 0.6 is 12.6 Å². The van der Waals surface area contributed by atoms with Crippen molar-refractivity contribution in [1.82, 2.24) is 15.4 Å². The fourth-order valence-electron chi connectivity index (χ4n) is 1.52. The molecule has 8 heteroatoms. The van der Waals surface area contributed by atoms with Crippen LogP contribution in [0, 0.1) is 0 Å². The first-order valence-corrected chi connectivity index (χ1v) is 5.47. The number of H-pyrrole nitrogens is 1. The maximum absolute atomic E-state index is 4.46. The van der Waals surface area contributed by atoms with Gasteiger partial charge >= 0.3 is 0 Å². The molecule has 2 aromatic rings. The second kappa shape index (κ2) is 4.06. The average molecular weight is 247 g/mol. The summed E-state index contributed by atoms with van der Waals surface area (Å²) in [5, 5.41) is 21.4. The SMILES string of the molecule is SC1N(c2ccccc2)N=NN1c1c[nH]nn1. The number of para-hydroxylation sites is 1. The van der Waals surface area contributed by atoms with Crippen molar-refractivity contribution in [1.29, 1.82) is 0 Å². The van der Waals surface area contributed by atoms with E-state index < -0.39 is 0 Å². The van der Waals surface area contributed by atoms with Crippen LogP contribution in [0.25, 0.3) is 0 Å². The third-order valence-electron chi connectivity index (χ3n) is 2.33. The molecule has 0 radical (unpaired) electrons. The molecule has 7 nitrogen and oxygen atoms in total. The van der Waals surface area contributed by atoms with Crippen LogP contribution in [0.5, 0.6) is 0 Å². The first kappa shape index (κ1) is 10.1. The molecule has 1 aliphatic rings. The summed E-state index contributed by atoms with van der Waals surface area (Å²) < 4.78 is 0. The highest BCUT2D eigenvalue weighted by Crippen LogP contribution is 2.29. The molecule has 1 aliphatic heterocycles. The van der Waals surface area contributed by atoms with Crippen LogP contribution < -0.4 is 10.0 Å². The summed E-state index contributed by atoms with van der Waals surface area (Å²) in [6.45, 7) is 0. The Morgan fingerprint density at radius 3 is 2.59 bits per heavy atom. The monoisotopic (exact) mass is 247 g/mol. The Hall–Kier alpha value is -2.09. The molecule has 1 atom stereocenters. The summed E-state index contributed by atoms with van der Waals surface area (Å²) in [7, 11) is 0. The number of nitrogens with zero attached hydrogens (tertiary/aromatic N) is 6. The summed E-state index contributed by atoms with van der Waals surface area (Å²) in [6, 6.07) is 9.69. The lowest BCUT2D eigenvalue weighted by atomic mass is 10.3. The maximum atomic E-state index is 4.46. The van der Waals surface area contributed by atoms with E-state index >= 15 is 0 Å². The molecule has 86 valence electrons. The van der Waals surface area contributed by atoms with E-state index in [1.165, 1.54) is 0 Å². The van der Waals surface area contributed by atoms with Crippen LogP contribution in [0.4, 0.5) is 11.5 Å². The van der Waals surface area contributed by atoms with E-state index in [1.807, 2.05) is 30.3 Å². The Morgan fingerprint density at radius 1 is 1.12 bits per heavy atom. The molecule has 1 unspecified atom stereocenters. The summed E-state index contributed by atoms with van der Waals surface area (Å²) >= 11 is 4.46. The van der Waals surface area contributed by atoms with Gasteiger partial charge in [0, 0.05) is 0 Å². The van der Waals surface area contributed by atoms with Gasteiger partial charge in [0.2, 0.25) is 0 Å². The Labute approximate surface area is 102 Å². The van der Waals surface area contributed by atoms with Crippen molar-refractivity contribution in [2.24, 2.45) is 10.4 Å². The van der Waals surface area contributed by atoms with Gasteiger partial charge in [-0.1, -0.05) is 23.4 Å². The zero-order chi connectivity index (χ0) is 11.7. The molecule has 0 saturated carbocycles. The summed E-state index contributed by atoms with van der Waals surface area (Å²) in [6.07, 6.45) is 1.64. The summed E-state index contributed by atoms with van der Waals surface area (Å²) in [5.74, 6) is 0.576. The number of thiol groups is 1. The first-order valence-electron chi connectivity index (χ1n) is 4.96. The zero-order valence-electron chi connectivity index (χ0n) is 8.67. The van der Waals surface area contributed by atoms with Gasteiger partial charge in [-0.3, -0.25) is 5.10 Å². The summed E-state index contributed by atoms with van der Waals surface area (Å²) in [4.78, 5) is 0. The summed E-state index contributed by atoms with van der Waals surface area (Å²) in [5.41, 5.74) is 0.588. The minimum Gasteiger partial charge on any atom is -0.263 e. The Balaban J connectivity index is 1.86. The van der Waals surface area contributed by atoms with Gasteiger partial charge in [-0.05, 0) is 22.6 Å². The number of hydrogen-bond acceptors (Lipinski definition) is 7. The zero-order valence-corrected chi connectivity index (χ0v) is 9.57. The molecule has 0 amide bonds. The van der Waals surface area contributed by atoms with E-state index in [4.69, 9.17) is 0 Å². The van der Waals surface area contributed by atoms with Crippen LogP contribution in [0.3, 0.4) is 0 Å². The van der Waals surface area contributed by atoms with E-state index in [0.29, 0.717) is 5.82 Å². The fourth-order valence-corrected chi connectivity index (χ4v) is 1.86. The number of aromatic nitrogens is 3. The lowest BCUT2D eigenvalue weighted by Crippen LogP contribution is -2.33. The number of hydrogen-bond donors (Lipinski definition) is 2. The van der Waals surface area contributed by atoms with Crippen molar-refractivity contribution in [2.45, 2.75) is 5.50 Å². The molecule has 17 heavy (non-hydrogen) atoms. The molecule has 0 spiro atoms. The van der Waals surface area contributed by atoms with Crippen molar-refractivity contribution >= 4 is 24.1 Å². The van der Waals surface area contributed by atoms with E-state index in [0.717, 1.165) is 5.69 Å². The predicted octanol–water partition coefficient (Wildman–Crippen LogP) is 1.63. The van der Waals surface area contributed by atoms with Gasteiger partial charge in [0.1, 0.15) is 0 Å². The van der Waals surface area contributed by atoms with Gasteiger partial charge in [0.05, 0.1) is 11.9 Å². The van der Waals surface area contributed by atoms with Crippen LogP contribution in [0.2, 0.25) is 0 Å². The molecule has 1 N–H and O–H groups in total. The molecule has 2 heterocycles. The molecule has 3 rings (SSSR count). The molecule has 0 bridgehead atoms. The van der Waals surface area contributed by atoms with Crippen LogP contribution in [-0.4, -0.2) is 20.9 Å². The minimum absolute atomic E-state index is 0.331. The topological polar surface area (TPSA) is 72.8 Å². The first-order chi connectivity index (χ1) is 8.36. The number of anilines is 2. The fraction of sp³-hybridized carbons (Fsp3) is 0.111.